The lowest BCUT2D eigenvalue weighted by molar-refractivity contribution is -0.385. The minimum absolute atomic E-state index is 0.0767. The van der Waals surface area contributed by atoms with E-state index >= 15 is 0 Å². The van der Waals surface area contributed by atoms with E-state index in [4.69, 9.17) is 0 Å². The minimum atomic E-state index is -0.410. The summed E-state index contributed by atoms with van der Waals surface area (Å²) < 4.78 is 13.9. The number of halogens is 2. The second-order valence-corrected chi connectivity index (χ2v) is 5.77. The molecule has 0 fully saturated rings. The molecule has 0 aliphatic carbocycles. The fourth-order valence-corrected chi connectivity index (χ4v) is 2.87. The molecule has 1 heterocycles. The van der Waals surface area contributed by atoms with Crippen molar-refractivity contribution in [2.24, 2.45) is 0 Å². The third kappa shape index (κ3) is 2.57. The van der Waals surface area contributed by atoms with Crippen LogP contribution in [-0.4, -0.2) is 9.91 Å². The van der Waals surface area contributed by atoms with Crippen molar-refractivity contribution in [1.82, 2.24) is 4.98 Å². The van der Waals surface area contributed by atoms with E-state index in [-0.39, 0.29) is 11.5 Å². The topological polar surface area (TPSA) is 56.0 Å². The predicted octanol–water partition coefficient (Wildman–Crippen LogP) is 5.02. The van der Waals surface area contributed by atoms with Gasteiger partial charge >= 0.3 is 0 Å². The Balaban J connectivity index is 2.14. The second kappa shape index (κ2) is 5.46. The molecule has 0 atom stereocenters. The normalized spacial score (nSPS) is 10.9. The predicted molar refractivity (Wildman–Crippen MR) is 86.2 cm³/mol. The third-order valence-electron chi connectivity index (χ3n) is 3.40. The summed E-state index contributed by atoms with van der Waals surface area (Å²) in [4.78, 5) is 15.0. The summed E-state index contributed by atoms with van der Waals surface area (Å²) in [6.45, 7) is 1.69. The summed E-state index contributed by atoms with van der Waals surface area (Å²) in [7, 11) is 0. The standard InChI is InChI=1S/C16H10BrFN2O2/c1-9-6-10(3-5-15(9)20(21)22)14-4-2-11-7-12(18)8-13(17)16(11)19-14/h2-8H,1H3. The highest BCUT2D eigenvalue weighted by molar-refractivity contribution is 9.10. The van der Waals surface area contributed by atoms with Crippen molar-refractivity contribution in [2.45, 2.75) is 6.92 Å². The van der Waals surface area contributed by atoms with Crippen LogP contribution in [0.3, 0.4) is 0 Å². The quantitative estimate of drug-likeness (QED) is 0.476. The largest absolute Gasteiger partial charge is 0.272 e. The second-order valence-electron chi connectivity index (χ2n) is 4.91. The maximum absolute atomic E-state index is 13.4. The Kier molecular flexibility index (Phi) is 3.62. The first-order valence-corrected chi connectivity index (χ1v) is 7.26. The van der Waals surface area contributed by atoms with Crippen LogP contribution in [0.5, 0.6) is 0 Å². The Morgan fingerprint density at radius 2 is 1.95 bits per heavy atom. The molecule has 3 rings (SSSR count). The van der Waals surface area contributed by atoms with Gasteiger partial charge in [-0.1, -0.05) is 6.07 Å². The highest BCUT2D eigenvalue weighted by atomic mass is 79.9. The molecule has 0 saturated heterocycles. The van der Waals surface area contributed by atoms with Gasteiger partial charge < -0.3 is 0 Å². The number of benzene rings is 2. The highest BCUT2D eigenvalue weighted by Crippen LogP contribution is 2.29. The van der Waals surface area contributed by atoms with Gasteiger partial charge in [0.2, 0.25) is 0 Å². The van der Waals surface area contributed by atoms with Crippen molar-refractivity contribution in [3.05, 3.63) is 68.4 Å². The van der Waals surface area contributed by atoms with Gasteiger partial charge in [0.1, 0.15) is 5.82 Å². The maximum atomic E-state index is 13.4. The maximum Gasteiger partial charge on any atom is 0.272 e. The number of pyridine rings is 1. The summed E-state index contributed by atoms with van der Waals surface area (Å²) in [5.74, 6) is -0.333. The number of nitrogens with zero attached hydrogens (tertiary/aromatic N) is 2. The van der Waals surface area contributed by atoms with Crippen LogP contribution in [0.4, 0.5) is 10.1 Å². The van der Waals surface area contributed by atoms with Crippen LogP contribution in [0.2, 0.25) is 0 Å². The van der Waals surface area contributed by atoms with Gasteiger partial charge in [-0.15, -0.1) is 0 Å². The summed E-state index contributed by atoms with van der Waals surface area (Å²) in [6, 6.07) is 11.2. The molecule has 0 spiro atoms. The van der Waals surface area contributed by atoms with Crippen LogP contribution < -0.4 is 0 Å². The van der Waals surface area contributed by atoms with Crippen LogP contribution in [0.15, 0.2) is 46.9 Å². The number of hydrogen-bond acceptors (Lipinski definition) is 3. The zero-order valence-electron chi connectivity index (χ0n) is 11.5. The molecular formula is C16H10BrFN2O2. The van der Waals surface area contributed by atoms with Crippen LogP contribution in [0.25, 0.3) is 22.2 Å². The Bertz CT molecular complexity index is 912. The lowest BCUT2D eigenvalue weighted by Gasteiger charge is -2.06. The number of nitro groups is 1. The van der Waals surface area contributed by atoms with E-state index in [0.29, 0.717) is 26.6 Å². The first-order valence-electron chi connectivity index (χ1n) is 6.47. The van der Waals surface area contributed by atoms with Gasteiger partial charge in [0.15, 0.2) is 0 Å². The molecule has 0 saturated carbocycles. The Morgan fingerprint density at radius 3 is 2.64 bits per heavy atom. The lowest BCUT2D eigenvalue weighted by atomic mass is 10.1. The van der Waals surface area contributed by atoms with Crippen molar-refractivity contribution >= 4 is 32.5 Å². The average Bonchev–Trinajstić information content (AvgIpc) is 2.46. The summed E-state index contributed by atoms with van der Waals surface area (Å²) in [5.41, 5.74) is 2.75. The summed E-state index contributed by atoms with van der Waals surface area (Å²) in [5, 5.41) is 11.6. The molecule has 4 nitrogen and oxygen atoms in total. The van der Waals surface area contributed by atoms with E-state index in [1.807, 2.05) is 0 Å². The van der Waals surface area contributed by atoms with E-state index in [1.54, 1.807) is 31.2 Å². The molecule has 2 aromatic carbocycles. The van der Waals surface area contributed by atoms with Crippen LogP contribution in [0.1, 0.15) is 5.56 Å². The van der Waals surface area contributed by atoms with Gasteiger partial charge in [-0.2, -0.15) is 0 Å². The molecule has 0 bridgehead atoms. The first kappa shape index (κ1) is 14.6. The lowest BCUT2D eigenvalue weighted by Crippen LogP contribution is -1.93. The van der Waals surface area contributed by atoms with Crippen LogP contribution >= 0.6 is 15.9 Å². The number of nitro benzene ring substituents is 1. The van der Waals surface area contributed by atoms with Gasteiger partial charge in [0, 0.05) is 27.1 Å². The van der Waals surface area contributed by atoms with Gasteiger partial charge in [0.05, 0.1) is 16.1 Å². The van der Waals surface area contributed by atoms with Crippen molar-refractivity contribution in [1.29, 1.82) is 0 Å². The molecule has 0 N–H and O–H groups in total. The number of aromatic nitrogens is 1. The number of rotatable bonds is 2. The molecule has 0 aliphatic rings. The molecule has 0 aliphatic heterocycles. The van der Waals surface area contributed by atoms with Gasteiger partial charge in [-0.3, -0.25) is 10.1 Å². The molecular weight excluding hydrogens is 351 g/mol. The monoisotopic (exact) mass is 360 g/mol. The van der Waals surface area contributed by atoms with Gasteiger partial charge in [0.25, 0.3) is 5.69 Å². The van der Waals surface area contributed by atoms with Gasteiger partial charge in [-0.05, 0) is 53.2 Å². The molecule has 1 aromatic heterocycles. The molecule has 0 unspecified atom stereocenters. The Hall–Kier alpha value is -2.34. The molecule has 0 amide bonds. The minimum Gasteiger partial charge on any atom is -0.258 e. The van der Waals surface area contributed by atoms with Crippen molar-refractivity contribution in [3.8, 4) is 11.3 Å². The zero-order valence-corrected chi connectivity index (χ0v) is 13.1. The van der Waals surface area contributed by atoms with E-state index < -0.39 is 4.92 Å². The highest BCUT2D eigenvalue weighted by Gasteiger charge is 2.12. The molecule has 3 aromatic rings. The summed E-state index contributed by atoms with van der Waals surface area (Å²) in [6.07, 6.45) is 0. The van der Waals surface area contributed by atoms with E-state index in [0.717, 1.165) is 5.56 Å². The van der Waals surface area contributed by atoms with E-state index in [9.17, 15) is 14.5 Å². The Morgan fingerprint density at radius 1 is 1.18 bits per heavy atom. The van der Waals surface area contributed by atoms with E-state index in [1.165, 1.54) is 18.2 Å². The molecule has 6 heteroatoms. The SMILES string of the molecule is Cc1cc(-c2ccc3cc(F)cc(Br)c3n2)ccc1[N+](=O)[O-]. The molecule has 22 heavy (non-hydrogen) atoms. The van der Waals surface area contributed by atoms with Crippen LogP contribution in [0, 0.1) is 22.9 Å². The summed E-state index contributed by atoms with van der Waals surface area (Å²) >= 11 is 3.31. The van der Waals surface area contributed by atoms with Crippen molar-refractivity contribution < 1.29 is 9.31 Å². The number of aryl methyl sites for hydroxylation is 1. The Labute approximate surface area is 133 Å². The van der Waals surface area contributed by atoms with Crippen molar-refractivity contribution in [2.75, 3.05) is 0 Å². The van der Waals surface area contributed by atoms with Crippen LogP contribution in [-0.2, 0) is 0 Å². The van der Waals surface area contributed by atoms with E-state index in [2.05, 4.69) is 20.9 Å². The number of fused-ring (bicyclic) bond motifs is 1. The smallest absolute Gasteiger partial charge is 0.258 e. The third-order valence-corrected chi connectivity index (χ3v) is 4.00. The zero-order chi connectivity index (χ0) is 15.9. The fourth-order valence-electron chi connectivity index (χ4n) is 2.34. The van der Waals surface area contributed by atoms with Gasteiger partial charge in [-0.25, -0.2) is 9.37 Å². The first-order chi connectivity index (χ1) is 10.5. The van der Waals surface area contributed by atoms with Crippen molar-refractivity contribution in [3.63, 3.8) is 0 Å². The fraction of sp³-hybridized carbons (Fsp3) is 0.0625. The number of hydrogen-bond donors (Lipinski definition) is 0. The average molecular weight is 361 g/mol. The molecule has 0 radical (unpaired) electrons. The molecule has 110 valence electrons.